The van der Waals surface area contributed by atoms with Gasteiger partial charge >= 0.3 is 5.97 Å². The van der Waals surface area contributed by atoms with Crippen LogP contribution in [0.5, 0.6) is 11.8 Å². The van der Waals surface area contributed by atoms with E-state index in [2.05, 4.69) is 15.2 Å². The lowest BCUT2D eigenvalue weighted by Gasteiger charge is -2.25. The molecule has 3 aromatic rings. The third-order valence-electron chi connectivity index (χ3n) is 5.48. The number of benzene rings is 1. The number of hydrogen-bond donors (Lipinski definition) is 4. The molecule has 0 amide bonds. The first-order valence-corrected chi connectivity index (χ1v) is 16.3. The molecule has 4 N–H and O–H groups in total. The van der Waals surface area contributed by atoms with E-state index < -0.39 is 38.0 Å². The van der Waals surface area contributed by atoms with Crippen molar-refractivity contribution in [2.75, 3.05) is 29.5 Å². The molecule has 18 heteroatoms. The molecule has 3 rings (SSSR count). The van der Waals surface area contributed by atoms with E-state index >= 15 is 0 Å². The number of anilines is 1. The molecule has 0 aliphatic carbocycles. The van der Waals surface area contributed by atoms with Gasteiger partial charge in [-0.2, -0.15) is 16.8 Å². The quantitative estimate of drug-likeness (QED) is 0.102. The number of rotatable bonds is 16. The van der Waals surface area contributed by atoms with E-state index in [4.69, 9.17) is 13.9 Å². The van der Waals surface area contributed by atoms with Crippen LogP contribution in [0.1, 0.15) is 30.6 Å². The van der Waals surface area contributed by atoms with E-state index in [1.54, 1.807) is 24.3 Å². The summed E-state index contributed by atoms with van der Waals surface area (Å²) < 4.78 is 62.4. The molecule has 2 aromatic heterocycles. The first-order valence-electron chi connectivity index (χ1n) is 12.2. The number of unbranched alkanes of at least 4 members (excludes halogenated alkanes) is 2. The molecule has 2 heterocycles. The Labute approximate surface area is 240 Å². The maximum atomic E-state index is 12.1. The highest BCUT2D eigenvalue weighted by molar-refractivity contribution is 7.86. The highest BCUT2D eigenvalue weighted by atomic mass is 32.2. The zero-order chi connectivity index (χ0) is 30.0. The van der Waals surface area contributed by atoms with E-state index in [0.717, 1.165) is 17.0 Å². The van der Waals surface area contributed by atoms with Crippen LogP contribution < -0.4 is 9.74 Å². The lowest BCUT2D eigenvalue weighted by molar-refractivity contribution is -0.144. The molecule has 41 heavy (non-hydrogen) atoms. The van der Waals surface area contributed by atoms with Crippen LogP contribution in [0.25, 0.3) is 0 Å². The molecule has 0 radical (unpaired) electrons. The first kappa shape index (κ1) is 31.9. The number of aromatic nitrogens is 2. The van der Waals surface area contributed by atoms with Gasteiger partial charge in [0.2, 0.25) is 16.9 Å². The van der Waals surface area contributed by atoms with Crippen molar-refractivity contribution in [2.24, 2.45) is 10.2 Å². The molecule has 0 atom stereocenters. The lowest BCUT2D eigenvalue weighted by atomic mass is 10.2. The second-order valence-electron chi connectivity index (χ2n) is 8.78. The summed E-state index contributed by atoms with van der Waals surface area (Å²) >= 11 is 1.10. The summed E-state index contributed by atoms with van der Waals surface area (Å²) in [6.45, 7) is 0.909. The van der Waals surface area contributed by atoms with Gasteiger partial charge in [0.05, 0.1) is 23.6 Å². The average Bonchev–Trinajstić information content (AvgIpc) is 3.46. The van der Waals surface area contributed by atoms with Gasteiger partial charge in [-0.25, -0.2) is 9.78 Å². The Morgan fingerprint density at radius 1 is 0.878 bits per heavy atom. The first-order chi connectivity index (χ1) is 19.3. The third-order valence-corrected chi connectivity index (χ3v) is 7.97. The van der Waals surface area contributed by atoms with Gasteiger partial charge < -0.3 is 20.0 Å². The number of azo groups is 1. The van der Waals surface area contributed by atoms with E-state index in [9.17, 15) is 31.8 Å². The molecule has 1 aromatic carbocycles. The number of carbonyl (C=O) groups excluding carboxylic acids is 1. The Hall–Kier alpha value is -3.58. The van der Waals surface area contributed by atoms with E-state index in [-0.39, 0.29) is 35.9 Å². The predicted octanol–water partition coefficient (Wildman–Crippen LogP) is 3.11. The van der Waals surface area contributed by atoms with Crippen molar-refractivity contribution in [3.8, 4) is 11.8 Å². The minimum Gasteiger partial charge on any atom is -0.492 e. The maximum absolute atomic E-state index is 12.1. The van der Waals surface area contributed by atoms with Crippen molar-refractivity contribution in [3.05, 3.63) is 47.5 Å². The minimum absolute atomic E-state index is 0.177. The van der Waals surface area contributed by atoms with Crippen molar-refractivity contribution in [2.45, 2.75) is 32.1 Å². The highest BCUT2D eigenvalue weighted by Gasteiger charge is 2.15. The van der Waals surface area contributed by atoms with Gasteiger partial charge in [-0.15, -0.1) is 15.0 Å². The summed E-state index contributed by atoms with van der Waals surface area (Å²) in [5, 5.41) is 27.6. The summed E-state index contributed by atoms with van der Waals surface area (Å²) in [7, 11) is -8.12. The van der Waals surface area contributed by atoms with Crippen LogP contribution in [0.4, 0.5) is 16.5 Å². The molecule has 0 fully saturated rings. The Bertz CT molecular complexity index is 1490. The van der Waals surface area contributed by atoms with Crippen molar-refractivity contribution in [1.82, 2.24) is 9.71 Å². The van der Waals surface area contributed by atoms with Crippen molar-refractivity contribution in [1.29, 1.82) is 0 Å². The Morgan fingerprint density at radius 3 is 1.98 bits per heavy atom. The monoisotopic (exact) mass is 631 g/mol. The van der Waals surface area contributed by atoms with Crippen LogP contribution in [0.2, 0.25) is 0 Å². The highest BCUT2D eigenvalue weighted by Crippen LogP contribution is 2.26. The molecule has 224 valence electrons. The third kappa shape index (κ3) is 11.4. The van der Waals surface area contributed by atoms with E-state index in [0.29, 0.717) is 41.2 Å². The molecular weight excluding hydrogens is 602 g/mol. The van der Waals surface area contributed by atoms with E-state index in [1.807, 2.05) is 4.90 Å². The molecule has 0 bridgehead atoms. The standard InChI is InChI=1S/C23H29N5O10S3/c29-20-9-10-21(30)28(20)38-22(31)15-19-16-24-23(39-19)26-25-17-5-7-18(8-6-17)27(11-1-3-13-40(32,33)34)12-2-4-14-41(35,36)37/h5-10,16,29-30H,1-4,11-15H2,(H,32,33,34)(H,35,36,37). The second kappa shape index (κ2) is 14.4. The maximum Gasteiger partial charge on any atom is 0.338 e. The number of hydrogen-bond acceptors (Lipinski definition) is 13. The van der Waals surface area contributed by atoms with E-state index in [1.165, 1.54) is 18.3 Å². The molecule has 0 saturated carbocycles. The topological polar surface area (TPSA) is 221 Å². The lowest BCUT2D eigenvalue weighted by Crippen LogP contribution is -2.26. The summed E-state index contributed by atoms with van der Waals surface area (Å²) in [4.78, 5) is 23.5. The van der Waals surface area contributed by atoms with Gasteiger partial charge in [0.25, 0.3) is 20.2 Å². The van der Waals surface area contributed by atoms with Gasteiger partial charge in [-0.3, -0.25) is 9.11 Å². The molecule has 0 unspecified atom stereocenters. The van der Waals surface area contributed by atoms with Crippen molar-refractivity contribution >= 4 is 54.0 Å². The molecule has 15 nitrogen and oxygen atoms in total. The summed E-state index contributed by atoms with van der Waals surface area (Å²) in [5.41, 5.74) is 1.28. The smallest absolute Gasteiger partial charge is 0.338 e. The largest absolute Gasteiger partial charge is 0.492 e. The zero-order valence-electron chi connectivity index (χ0n) is 21.6. The molecule has 0 spiro atoms. The number of thiazole rings is 1. The zero-order valence-corrected chi connectivity index (χ0v) is 24.1. The number of aromatic hydroxyl groups is 2. The number of nitrogens with zero attached hydrogens (tertiary/aromatic N) is 5. The van der Waals surface area contributed by atoms with Crippen LogP contribution in [0.15, 0.2) is 52.8 Å². The molecule has 0 aliphatic rings. The SMILES string of the molecule is O=C(Cc1cnc(N=Nc2ccc(N(CCCCS(=O)(=O)O)CCCCS(=O)(=O)O)cc2)s1)On1c(O)ccc1O. The van der Waals surface area contributed by atoms with Crippen LogP contribution in [0.3, 0.4) is 0 Å². The van der Waals surface area contributed by atoms with Crippen LogP contribution in [-0.4, -0.2) is 76.4 Å². The fourth-order valence-electron chi connectivity index (χ4n) is 3.57. The second-order valence-corrected chi connectivity index (χ2v) is 13.0. The minimum atomic E-state index is -4.06. The fourth-order valence-corrected chi connectivity index (χ4v) is 5.43. The van der Waals surface area contributed by atoms with Crippen LogP contribution in [-0.2, 0) is 31.5 Å². The molecule has 0 aliphatic heterocycles. The predicted molar refractivity (Wildman–Crippen MR) is 149 cm³/mol. The Kier molecular flexibility index (Phi) is 11.2. The Morgan fingerprint density at radius 2 is 1.44 bits per heavy atom. The summed E-state index contributed by atoms with van der Waals surface area (Å²) in [6, 6.07) is 9.28. The van der Waals surface area contributed by atoms with Gasteiger partial charge in [-0.05, 0) is 49.9 Å². The summed E-state index contributed by atoms with van der Waals surface area (Å²) in [6.07, 6.45) is 2.68. The average molecular weight is 632 g/mol. The number of carbonyl (C=O) groups is 1. The van der Waals surface area contributed by atoms with Crippen molar-refractivity contribution in [3.63, 3.8) is 0 Å². The van der Waals surface area contributed by atoms with Gasteiger partial charge in [-0.1, -0.05) is 11.3 Å². The Balaban J connectivity index is 1.58. The van der Waals surface area contributed by atoms with Gasteiger partial charge in [0, 0.05) is 42.0 Å². The van der Waals surface area contributed by atoms with Crippen LogP contribution in [0, 0.1) is 0 Å². The van der Waals surface area contributed by atoms with Gasteiger partial charge in [0.15, 0.2) is 0 Å². The van der Waals surface area contributed by atoms with Crippen LogP contribution >= 0.6 is 11.3 Å². The normalized spacial score (nSPS) is 12.1. The fraction of sp³-hybridized carbons (Fsp3) is 0.391. The summed E-state index contributed by atoms with van der Waals surface area (Å²) in [5.74, 6) is -2.32. The molecule has 0 saturated heterocycles. The van der Waals surface area contributed by atoms with Crippen molar-refractivity contribution < 1.29 is 45.8 Å². The molecular formula is C23H29N5O10S3. The van der Waals surface area contributed by atoms with Gasteiger partial charge in [0.1, 0.15) is 0 Å².